The van der Waals surface area contributed by atoms with Gasteiger partial charge < -0.3 is 9.84 Å². The van der Waals surface area contributed by atoms with E-state index in [9.17, 15) is 4.79 Å². The Hall–Kier alpha value is 0.313. The van der Waals surface area contributed by atoms with Gasteiger partial charge in [-0.2, -0.15) is 0 Å². The first-order valence-electron chi connectivity index (χ1n) is 3.06. The van der Waals surface area contributed by atoms with Crippen LogP contribution < -0.4 is 0 Å². The first-order chi connectivity index (χ1) is 4.22. The Morgan fingerprint density at radius 2 is 2.10 bits per heavy atom. The quantitative estimate of drug-likeness (QED) is 0.770. The molecule has 0 amide bonds. The summed E-state index contributed by atoms with van der Waals surface area (Å²) in [5, 5.41) is 8.38. The van der Waals surface area contributed by atoms with E-state index in [1.807, 2.05) is 0 Å². The Morgan fingerprint density at radius 3 is 2.20 bits per heavy atom. The maximum absolute atomic E-state index is 10.2. The smallest absolute Gasteiger partial charge is 0.332 e. The van der Waals surface area contributed by atoms with Crippen LogP contribution in [0.15, 0.2) is 0 Å². The number of carbonyl (C=O) groups is 1. The predicted molar refractivity (Wildman–Crippen MR) is 33.3 cm³/mol. The van der Waals surface area contributed by atoms with Crippen LogP contribution in [-0.2, 0) is 35.7 Å². The molecule has 0 aliphatic carbocycles. The van der Waals surface area contributed by atoms with E-state index in [1.54, 1.807) is 13.8 Å². The first kappa shape index (κ1) is 12.9. The van der Waals surface area contributed by atoms with Crippen molar-refractivity contribution in [2.24, 2.45) is 0 Å². The topological polar surface area (TPSA) is 46.5 Å². The second-order valence-corrected chi connectivity index (χ2v) is 1.69. The number of rotatable bonds is 4. The zero-order chi connectivity index (χ0) is 7.28. The molecule has 0 aromatic heterocycles. The van der Waals surface area contributed by atoms with Crippen LogP contribution >= 0.6 is 0 Å². The Kier molecular flexibility index (Phi) is 9.60. The Morgan fingerprint density at radius 1 is 1.60 bits per heavy atom. The van der Waals surface area contributed by atoms with Crippen LogP contribution in [0.5, 0.6) is 0 Å². The summed E-state index contributed by atoms with van der Waals surface area (Å²) in [5.74, 6) is -0.876. The third-order valence-corrected chi connectivity index (χ3v) is 1.01. The molecule has 1 N–H and O–H groups in total. The van der Waals surface area contributed by atoms with E-state index >= 15 is 0 Å². The van der Waals surface area contributed by atoms with Gasteiger partial charge in [0, 0.05) is 32.8 Å². The number of aliphatic carboxylic acids is 1. The van der Waals surface area contributed by atoms with Gasteiger partial charge in [0.05, 0.1) is 0 Å². The van der Waals surface area contributed by atoms with Crippen molar-refractivity contribution in [3.8, 4) is 0 Å². The van der Waals surface area contributed by atoms with Gasteiger partial charge in [0.25, 0.3) is 0 Å². The normalized spacial score (nSPS) is 11.8. The maximum Gasteiger partial charge on any atom is 0.332 e. The summed E-state index contributed by atoms with van der Waals surface area (Å²) in [6, 6.07) is 0. The molecule has 0 spiro atoms. The van der Waals surface area contributed by atoms with E-state index in [1.165, 1.54) is 0 Å². The zero-order valence-corrected chi connectivity index (χ0v) is 8.71. The zero-order valence-electron chi connectivity index (χ0n) is 6.26. The van der Waals surface area contributed by atoms with E-state index in [-0.39, 0.29) is 26.2 Å². The standard InChI is InChI=1S/C6H12O3.Zr/c1-3-5(6(7)8)9-4-2;/h5H,3-4H2,1-2H3,(H,7,8);. The van der Waals surface area contributed by atoms with Crippen LogP contribution in [0.1, 0.15) is 20.3 Å². The maximum atomic E-state index is 10.2. The minimum atomic E-state index is -0.876. The molecule has 0 aliphatic heterocycles. The summed E-state index contributed by atoms with van der Waals surface area (Å²) >= 11 is 0. The largest absolute Gasteiger partial charge is 0.479 e. The monoisotopic (exact) mass is 222 g/mol. The van der Waals surface area contributed by atoms with Crippen LogP contribution in [-0.4, -0.2) is 23.8 Å². The predicted octanol–water partition coefficient (Wildman–Crippen LogP) is 0.884. The third-order valence-electron chi connectivity index (χ3n) is 1.01. The molecule has 1 atom stereocenters. The van der Waals surface area contributed by atoms with E-state index < -0.39 is 12.1 Å². The Bertz CT molecular complexity index is 95.0. The van der Waals surface area contributed by atoms with Crippen LogP contribution in [0, 0.1) is 0 Å². The number of hydrogen-bond donors (Lipinski definition) is 1. The summed E-state index contributed by atoms with van der Waals surface area (Å²) in [5.41, 5.74) is 0. The van der Waals surface area contributed by atoms with Gasteiger partial charge in [-0.3, -0.25) is 0 Å². The molecule has 10 heavy (non-hydrogen) atoms. The molecule has 0 aliphatic rings. The molecule has 0 bridgehead atoms. The molecule has 4 heteroatoms. The van der Waals surface area contributed by atoms with Crippen molar-refractivity contribution in [1.29, 1.82) is 0 Å². The fourth-order valence-electron chi connectivity index (χ4n) is 0.565. The Labute approximate surface area is 79.9 Å². The van der Waals surface area contributed by atoms with E-state index in [0.717, 1.165) is 0 Å². The molecule has 1 unspecified atom stereocenters. The average molecular weight is 223 g/mol. The van der Waals surface area contributed by atoms with Crippen molar-refractivity contribution in [2.45, 2.75) is 26.4 Å². The van der Waals surface area contributed by atoms with Crippen molar-refractivity contribution in [2.75, 3.05) is 6.61 Å². The van der Waals surface area contributed by atoms with E-state index in [0.29, 0.717) is 13.0 Å². The fraction of sp³-hybridized carbons (Fsp3) is 0.833. The molecule has 0 rings (SSSR count). The third kappa shape index (κ3) is 5.13. The minimum absolute atomic E-state index is 0. The molecule has 58 valence electrons. The molecule has 0 aromatic rings. The molecule has 0 radical (unpaired) electrons. The van der Waals surface area contributed by atoms with Crippen molar-refractivity contribution < 1.29 is 40.8 Å². The second kappa shape index (κ2) is 7.42. The average Bonchev–Trinajstić information content (AvgIpc) is 1.82. The summed E-state index contributed by atoms with van der Waals surface area (Å²) in [6.07, 6.45) is -0.0848. The molecule has 0 heterocycles. The van der Waals surface area contributed by atoms with Crippen LogP contribution in [0.4, 0.5) is 0 Å². The first-order valence-corrected chi connectivity index (χ1v) is 3.06. The van der Waals surface area contributed by atoms with Crippen LogP contribution in [0.2, 0.25) is 0 Å². The number of carboxylic acids is 1. The molecule has 0 fully saturated rings. The molecular weight excluding hydrogens is 211 g/mol. The molecular formula is C6H12O3Zr. The van der Waals surface area contributed by atoms with Gasteiger partial charge in [0.1, 0.15) is 0 Å². The SMILES string of the molecule is CCOC(CC)C(=O)O.[Zr]. The van der Waals surface area contributed by atoms with Gasteiger partial charge in [-0.1, -0.05) is 6.92 Å². The van der Waals surface area contributed by atoms with Gasteiger partial charge in [-0.05, 0) is 13.3 Å². The van der Waals surface area contributed by atoms with Crippen molar-refractivity contribution >= 4 is 5.97 Å². The van der Waals surface area contributed by atoms with Gasteiger partial charge >= 0.3 is 5.97 Å². The van der Waals surface area contributed by atoms with E-state index in [4.69, 9.17) is 9.84 Å². The van der Waals surface area contributed by atoms with Crippen LogP contribution in [0.3, 0.4) is 0 Å². The van der Waals surface area contributed by atoms with Crippen molar-refractivity contribution in [1.82, 2.24) is 0 Å². The number of hydrogen-bond acceptors (Lipinski definition) is 2. The second-order valence-electron chi connectivity index (χ2n) is 1.69. The van der Waals surface area contributed by atoms with Crippen molar-refractivity contribution in [3.05, 3.63) is 0 Å². The minimum Gasteiger partial charge on any atom is -0.479 e. The molecule has 0 aromatic carbocycles. The number of ether oxygens (including phenoxy) is 1. The summed E-state index contributed by atoms with van der Waals surface area (Å²) in [6.45, 7) is 4.03. The summed E-state index contributed by atoms with van der Waals surface area (Å²) in [4.78, 5) is 10.2. The van der Waals surface area contributed by atoms with Gasteiger partial charge in [0.2, 0.25) is 0 Å². The van der Waals surface area contributed by atoms with E-state index in [2.05, 4.69) is 0 Å². The van der Waals surface area contributed by atoms with Gasteiger partial charge in [-0.25, -0.2) is 4.79 Å². The van der Waals surface area contributed by atoms with Crippen molar-refractivity contribution in [3.63, 3.8) is 0 Å². The van der Waals surface area contributed by atoms with Gasteiger partial charge in [-0.15, -0.1) is 0 Å². The van der Waals surface area contributed by atoms with Crippen LogP contribution in [0.25, 0.3) is 0 Å². The Balaban J connectivity index is 0. The summed E-state index contributed by atoms with van der Waals surface area (Å²) in [7, 11) is 0. The molecule has 0 saturated carbocycles. The van der Waals surface area contributed by atoms with Gasteiger partial charge in [0.15, 0.2) is 6.10 Å². The summed E-state index contributed by atoms with van der Waals surface area (Å²) < 4.78 is 4.85. The molecule has 3 nitrogen and oxygen atoms in total. The molecule has 0 saturated heterocycles. The fourth-order valence-corrected chi connectivity index (χ4v) is 0.565. The number of carboxylic acid groups (broad SMARTS) is 1.